The fourth-order valence-electron chi connectivity index (χ4n) is 1.33. The van der Waals surface area contributed by atoms with Crippen molar-refractivity contribution in [1.82, 2.24) is 0 Å². The minimum absolute atomic E-state index is 0.123. The average Bonchev–Trinajstić information content (AvgIpc) is 2.31. The topological polar surface area (TPSA) is 50.4 Å². The monoisotopic (exact) mass is 248 g/mol. The molecule has 1 aromatic heterocycles. The Morgan fingerprint density at radius 2 is 2.06 bits per heavy atom. The lowest BCUT2D eigenvalue weighted by Crippen LogP contribution is -1.97. The molecule has 4 heteroatoms. The van der Waals surface area contributed by atoms with Crippen LogP contribution in [-0.2, 0) is 0 Å². The molecule has 0 bridgehead atoms. The van der Waals surface area contributed by atoms with Gasteiger partial charge in [0.05, 0.1) is 6.26 Å². The van der Waals surface area contributed by atoms with E-state index in [1.165, 1.54) is 12.3 Å². The van der Waals surface area contributed by atoms with Crippen molar-refractivity contribution in [2.45, 2.75) is 0 Å². The average molecular weight is 249 g/mol. The first-order valence-electron chi connectivity index (χ1n) is 4.91. The van der Waals surface area contributed by atoms with Crippen LogP contribution in [0.5, 0.6) is 5.75 Å². The van der Waals surface area contributed by atoms with Crippen molar-refractivity contribution >= 4 is 23.8 Å². The summed E-state index contributed by atoms with van der Waals surface area (Å²) in [5, 5.41) is 10.1. The molecule has 0 saturated heterocycles. The van der Waals surface area contributed by atoms with Crippen LogP contribution in [0.2, 0.25) is 5.02 Å². The summed E-state index contributed by atoms with van der Waals surface area (Å²) in [6.45, 7) is 0. The molecule has 0 saturated carbocycles. The zero-order valence-electron chi connectivity index (χ0n) is 8.76. The van der Waals surface area contributed by atoms with E-state index in [0.717, 1.165) is 11.6 Å². The number of benzene rings is 1. The fraction of sp³-hybridized carbons (Fsp3) is 0. The van der Waals surface area contributed by atoms with Gasteiger partial charge >= 0.3 is 0 Å². The molecular weight excluding hydrogens is 240 g/mol. The summed E-state index contributed by atoms with van der Waals surface area (Å²) in [6.07, 6.45) is 4.45. The summed E-state index contributed by atoms with van der Waals surface area (Å²) >= 11 is 5.83. The van der Waals surface area contributed by atoms with Crippen molar-refractivity contribution in [2.24, 2.45) is 0 Å². The van der Waals surface area contributed by atoms with Crippen LogP contribution in [0.1, 0.15) is 11.3 Å². The third-order valence-electron chi connectivity index (χ3n) is 2.16. The summed E-state index contributed by atoms with van der Waals surface area (Å²) < 4.78 is 5.02. The Morgan fingerprint density at radius 3 is 2.82 bits per heavy atom. The van der Waals surface area contributed by atoms with Gasteiger partial charge in [-0.3, -0.25) is 4.79 Å². The standard InChI is InChI=1S/C13H9ClO3/c14-10-3-1-2-9(8-10)4-5-12-13(16)11(15)6-7-17-12/h1-8,16H/b5-4+. The van der Waals surface area contributed by atoms with Crippen LogP contribution in [0.25, 0.3) is 12.2 Å². The fourth-order valence-corrected chi connectivity index (χ4v) is 1.52. The Balaban J connectivity index is 2.32. The van der Waals surface area contributed by atoms with E-state index in [1.54, 1.807) is 18.2 Å². The van der Waals surface area contributed by atoms with E-state index >= 15 is 0 Å². The number of hydrogen-bond donors (Lipinski definition) is 1. The summed E-state index contributed by atoms with van der Waals surface area (Å²) in [6, 6.07) is 8.34. The molecule has 0 aliphatic rings. The molecule has 0 aliphatic heterocycles. The quantitative estimate of drug-likeness (QED) is 0.888. The summed E-state index contributed by atoms with van der Waals surface area (Å²) in [7, 11) is 0. The third-order valence-corrected chi connectivity index (χ3v) is 2.39. The molecule has 1 N–H and O–H groups in total. The molecular formula is C13H9ClO3. The maximum atomic E-state index is 11.1. The highest BCUT2D eigenvalue weighted by molar-refractivity contribution is 6.30. The van der Waals surface area contributed by atoms with Crippen molar-refractivity contribution in [2.75, 3.05) is 0 Å². The second-order valence-electron chi connectivity index (χ2n) is 3.39. The van der Waals surface area contributed by atoms with Crippen molar-refractivity contribution in [1.29, 1.82) is 0 Å². The number of hydrogen-bond acceptors (Lipinski definition) is 3. The predicted octanol–water partition coefficient (Wildman–Crippen LogP) is 3.17. The number of halogens is 1. The first-order chi connectivity index (χ1) is 8.16. The van der Waals surface area contributed by atoms with Gasteiger partial charge in [-0.25, -0.2) is 0 Å². The summed E-state index contributed by atoms with van der Waals surface area (Å²) in [4.78, 5) is 11.1. The first-order valence-corrected chi connectivity index (χ1v) is 5.29. The van der Waals surface area contributed by atoms with Gasteiger partial charge in [-0.05, 0) is 23.8 Å². The molecule has 17 heavy (non-hydrogen) atoms. The predicted molar refractivity (Wildman–Crippen MR) is 67.0 cm³/mol. The highest BCUT2D eigenvalue weighted by Crippen LogP contribution is 2.16. The van der Waals surface area contributed by atoms with Gasteiger partial charge < -0.3 is 9.52 Å². The van der Waals surface area contributed by atoms with Gasteiger partial charge in [0.2, 0.25) is 11.2 Å². The van der Waals surface area contributed by atoms with Crippen LogP contribution in [0.3, 0.4) is 0 Å². The molecule has 0 amide bonds. The SMILES string of the molecule is O=c1ccoc(/C=C/c2cccc(Cl)c2)c1O. The van der Waals surface area contributed by atoms with Crippen molar-refractivity contribution < 1.29 is 9.52 Å². The highest BCUT2D eigenvalue weighted by atomic mass is 35.5. The minimum Gasteiger partial charge on any atom is -0.502 e. The van der Waals surface area contributed by atoms with E-state index in [0.29, 0.717) is 5.02 Å². The summed E-state index contributed by atoms with van der Waals surface area (Å²) in [5.74, 6) is -0.275. The Hall–Kier alpha value is -2.00. The van der Waals surface area contributed by atoms with Crippen LogP contribution in [0.4, 0.5) is 0 Å². The van der Waals surface area contributed by atoms with Crippen LogP contribution < -0.4 is 5.43 Å². The van der Waals surface area contributed by atoms with Crippen molar-refractivity contribution in [3.63, 3.8) is 0 Å². The van der Waals surface area contributed by atoms with Crippen molar-refractivity contribution in [3.8, 4) is 5.75 Å². The minimum atomic E-state index is -0.470. The Labute approximate surface area is 103 Å². The molecule has 0 unspecified atom stereocenters. The van der Waals surface area contributed by atoms with Gasteiger partial charge in [-0.15, -0.1) is 0 Å². The van der Waals surface area contributed by atoms with Gasteiger partial charge in [0.25, 0.3) is 0 Å². The largest absolute Gasteiger partial charge is 0.502 e. The van der Waals surface area contributed by atoms with E-state index in [-0.39, 0.29) is 5.76 Å². The van der Waals surface area contributed by atoms with Crippen molar-refractivity contribution in [3.05, 3.63) is 63.2 Å². The lowest BCUT2D eigenvalue weighted by atomic mass is 10.2. The number of aromatic hydroxyl groups is 1. The molecule has 2 aromatic rings. The maximum Gasteiger partial charge on any atom is 0.227 e. The summed E-state index contributed by atoms with van der Waals surface area (Å²) in [5.41, 5.74) is 0.380. The molecule has 86 valence electrons. The first kappa shape index (κ1) is 11.5. The zero-order chi connectivity index (χ0) is 12.3. The molecule has 0 atom stereocenters. The molecule has 3 nitrogen and oxygen atoms in total. The van der Waals surface area contributed by atoms with Gasteiger partial charge in [0.1, 0.15) is 0 Å². The van der Waals surface area contributed by atoms with Gasteiger partial charge in [0, 0.05) is 11.1 Å². The zero-order valence-corrected chi connectivity index (χ0v) is 9.52. The second kappa shape index (κ2) is 4.89. The molecule has 1 heterocycles. The Kier molecular flexibility index (Phi) is 3.30. The molecule has 0 aliphatic carbocycles. The van der Waals surface area contributed by atoms with E-state index in [4.69, 9.17) is 16.0 Å². The smallest absolute Gasteiger partial charge is 0.227 e. The van der Waals surface area contributed by atoms with Gasteiger partial charge in [-0.2, -0.15) is 0 Å². The molecule has 0 fully saturated rings. The van der Waals surface area contributed by atoms with Crippen LogP contribution >= 0.6 is 11.6 Å². The normalized spacial score (nSPS) is 10.9. The molecule has 1 aromatic carbocycles. The van der Waals surface area contributed by atoms with Gasteiger partial charge in [0.15, 0.2) is 5.76 Å². The van der Waals surface area contributed by atoms with Crippen LogP contribution in [-0.4, -0.2) is 5.11 Å². The van der Waals surface area contributed by atoms with Crippen LogP contribution in [0, 0.1) is 0 Å². The van der Waals surface area contributed by atoms with E-state index in [9.17, 15) is 9.90 Å². The molecule has 0 radical (unpaired) electrons. The third kappa shape index (κ3) is 2.77. The maximum absolute atomic E-state index is 11.1. The van der Waals surface area contributed by atoms with Crippen LogP contribution in [0.15, 0.2) is 45.8 Å². The Bertz CT molecular complexity index is 614. The lowest BCUT2D eigenvalue weighted by molar-refractivity contribution is 0.424. The van der Waals surface area contributed by atoms with E-state index < -0.39 is 11.2 Å². The van der Waals surface area contributed by atoms with E-state index in [1.807, 2.05) is 12.1 Å². The van der Waals surface area contributed by atoms with E-state index in [2.05, 4.69) is 0 Å². The molecule has 2 rings (SSSR count). The Morgan fingerprint density at radius 1 is 1.24 bits per heavy atom. The van der Waals surface area contributed by atoms with Gasteiger partial charge in [-0.1, -0.05) is 29.8 Å². The highest BCUT2D eigenvalue weighted by Gasteiger charge is 2.03. The molecule has 0 spiro atoms. The lowest BCUT2D eigenvalue weighted by Gasteiger charge is -1.96. The second-order valence-corrected chi connectivity index (χ2v) is 3.82. The number of rotatable bonds is 2.